The number of rotatable bonds is 2. The van der Waals surface area contributed by atoms with Crippen molar-refractivity contribution in [1.29, 1.82) is 0 Å². The summed E-state index contributed by atoms with van der Waals surface area (Å²) in [6.45, 7) is 1.93. The second-order valence-electron chi connectivity index (χ2n) is 4.00. The third-order valence-corrected chi connectivity index (χ3v) is 4.16. The van der Waals surface area contributed by atoms with Gasteiger partial charge in [-0.25, -0.2) is 4.39 Å². The van der Waals surface area contributed by atoms with E-state index in [1.807, 2.05) is 25.1 Å². The molecule has 1 N–H and O–H groups in total. The van der Waals surface area contributed by atoms with Gasteiger partial charge in [0, 0.05) is 14.8 Å². The largest absolute Gasteiger partial charge is 0.322 e. The number of nitrogens with one attached hydrogen (secondary N) is 1. The van der Waals surface area contributed by atoms with E-state index >= 15 is 0 Å². The van der Waals surface area contributed by atoms with E-state index in [1.165, 1.54) is 18.2 Å². The minimum atomic E-state index is -0.538. The molecule has 0 saturated carbocycles. The van der Waals surface area contributed by atoms with E-state index in [0.717, 1.165) is 14.8 Å². The van der Waals surface area contributed by atoms with Crippen molar-refractivity contribution in [2.45, 2.75) is 6.92 Å². The molecule has 0 aromatic heterocycles. The SMILES string of the molecule is Cc1c(I)cccc1NC(=O)c1ccc(F)c(Cl)c1. The van der Waals surface area contributed by atoms with E-state index < -0.39 is 5.82 Å². The second-order valence-corrected chi connectivity index (χ2v) is 5.56. The zero-order valence-corrected chi connectivity index (χ0v) is 12.9. The Balaban J connectivity index is 2.26. The molecule has 2 aromatic carbocycles. The Labute approximate surface area is 129 Å². The van der Waals surface area contributed by atoms with Crippen LogP contribution in [-0.2, 0) is 0 Å². The highest BCUT2D eigenvalue weighted by molar-refractivity contribution is 14.1. The number of carbonyl (C=O) groups is 1. The van der Waals surface area contributed by atoms with Crippen LogP contribution in [0.1, 0.15) is 15.9 Å². The molecule has 1 amide bonds. The average Bonchev–Trinajstić information content (AvgIpc) is 2.38. The molecule has 0 aliphatic rings. The molecule has 0 bridgehead atoms. The van der Waals surface area contributed by atoms with Gasteiger partial charge in [0.2, 0.25) is 0 Å². The molecule has 0 aliphatic heterocycles. The van der Waals surface area contributed by atoms with Gasteiger partial charge in [-0.1, -0.05) is 17.7 Å². The van der Waals surface area contributed by atoms with Crippen LogP contribution in [0.5, 0.6) is 0 Å². The van der Waals surface area contributed by atoms with Crippen molar-refractivity contribution in [1.82, 2.24) is 0 Å². The summed E-state index contributed by atoms with van der Waals surface area (Å²) in [6.07, 6.45) is 0. The van der Waals surface area contributed by atoms with E-state index in [4.69, 9.17) is 11.6 Å². The quantitative estimate of drug-likeness (QED) is 0.745. The zero-order chi connectivity index (χ0) is 14.0. The second kappa shape index (κ2) is 5.88. The number of halogens is 3. The molecule has 0 atom stereocenters. The topological polar surface area (TPSA) is 29.1 Å². The van der Waals surface area contributed by atoms with Gasteiger partial charge in [-0.3, -0.25) is 4.79 Å². The van der Waals surface area contributed by atoms with Gasteiger partial charge in [0.05, 0.1) is 5.02 Å². The summed E-state index contributed by atoms with van der Waals surface area (Å²) in [5.74, 6) is -0.851. The van der Waals surface area contributed by atoms with E-state index in [9.17, 15) is 9.18 Å². The Bertz CT molecular complexity index is 645. The molecule has 0 spiro atoms. The number of carbonyl (C=O) groups excluding carboxylic acids is 1. The van der Waals surface area contributed by atoms with Gasteiger partial charge in [0.1, 0.15) is 5.82 Å². The van der Waals surface area contributed by atoms with E-state index in [0.29, 0.717) is 5.56 Å². The molecule has 2 nitrogen and oxygen atoms in total. The third-order valence-electron chi connectivity index (χ3n) is 2.70. The van der Waals surface area contributed by atoms with Gasteiger partial charge in [0.15, 0.2) is 0 Å². The Morgan fingerprint density at radius 3 is 2.74 bits per heavy atom. The fourth-order valence-corrected chi connectivity index (χ4v) is 2.25. The summed E-state index contributed by atoms with van der Waals surface area (Å²) < 4.78 is 14.1. The number of anilines is 1. The molecule has 0 unspecified atom stereocenters. The molecule has 0 fully saturated rings. The monoisotopic (exact) mass is 389 g/mol. The first-order chi connectivity index (χ1) is 8.99. The molecule has 0 saturated heterocycles. The molecule has 2 aromatic rings. The van der Waals surface area contributed by atoms with Crippen LogP contribution >= 0.6 is 34.2 Å². The van der Waals surface area contributed by atoms with E-state index in [2.05, 4.69) is 27.9 Å². The summed E-state index contributed by atoms with van der Waals surface area (Å²) in [7, 11) is 0. The molecule has 0 radical (unpaired) electrons. The molecule has 98 valence electrons. The smallest absolute Gasteiger partial charge is 0.255 e. The average molecular weight is 390 g/mol. The molecule has 2 rings (SSSR count). The lowest BCUT2D eigenvalue weighted by Crippen LogP contribution is -2.13. The summed E-state index contributed by atoms with van der Waals surface area (Å²) in [4.78, 5) is 12.0. The lowest BCUT2D eigenvalue weighted by Gasteiger charge is -2.10. The number of amides is 1. The Morgan fingerprint density at radius 1 is 1.32 bits per heavy atom. The van der Waals surface area contributed by atoms with Crippen molar-refractivity contribution < 1.29 is 9.18 Å². The van der Waals surface area contributed by atoms with Crippen LogP contribution in [0.25, 0.3) is 0 Å². The highest BCUT2D eigenvalue weighted by Gasteiger charge is 2.10. The fraction of sp³-hybridized carbons (Fsp3) is 0.0714. The van der Waals surface area contributed by atoms with Crippen molar-refractivity contribution in [2.24, 2.45) is 0 Å². The maximum absolute atomic E-state index is 13.0. The van der Waals surface area contributed by atoms with Gasteiger partial charge in [-0.2, -0.15) is 0 Å². The van der Waals surface area contributed by atoms with Crippen LogP contribution < -0.4 is 5.32 Å². The fourth-order valence-electron chi connectivity index (χ4n) is 1.57. The van der Waals surface area contributed by atoms with E-state index in [1.54, 1.807) is 0 Å². The predicted octanol–water partition coefficient (Wildman–Crippen LogP) is 4.64. The maximum Gasteiger partial charge on any atom is 0.255 e. The summed E-state index contributed by atoms with van der Waals surface area (Å²) >= 11 is 7.86. The Hall–Kier alpha value is -1.14. The Morgan fingerprint density at radius 2 is 2.05 bits per heavy atom. The highest BCUT2D eigenvalue weighted by Crippen LogP contribution is 2.22. The summed E-state index contributed by atoms with van der Waals surface area (Å²) in [5, 5.41) is 2.73. The summed E-state index contributed by atoms with van der Waals surface area (Å²) in [5.41, 5.74) is 2.05. The van der Waals surface area contributed by atoms with Gasteiger partial charge in [-0.05, 0) is 65.4 Å². The first kappa shape index (κ1) is 14.3. The van der Waals surface area contributed by atoms with Gasteiger partial charge < -0.3 is 5.32 Å². The lowest BCUT2D eigenvalue weighted by atomic mass is 10.1. The minimum Gasteiger partial charge on any atom is -0.322 e. The molecule has 19 heavy (non-hydrogen) atoms. The van der Waals surface area contributed by atoms with Crippen molar-refractivity contribution in [2.75, 3.05) is 5.32 Å². The van der Waals surface area contributed by atoms with Crippen molar-refractivity contribution in [3.05, 3.63) is 61.9 Å². The maximum atomic E-state index is 13.0. The lowest BCUT2D eigenvalue weighted by molar-refractivity contribution is 0.102. The number of benzene rings is 2. The van der Waals surface area contributed by atoms with Crippen LogP contribution in [0.3, 0.4) is 0 Å². The van der Waals surface area contributed by atoms with Crippen LogP contribution in [0, 0.1) is 16.3 Å². The highest BCUT2D eigenvalue weighted by atomic mass is 127. The molecule has 0 aliphatic carbocycles. The van der Waals surface area contributed by atoms with Crippen LogP contribution in [0.15, 0.2) is 36.4 Å². The van der Waals surface area contributed by atoms with Crippen molar-refractivity contribution >= 4 is 45.8 Å². The third kappa shape index (κ3) is 3.25. The molecule has 0 heterocycles. The number of hydrogen-bond donors (Lipinski definition) is 1. The van der Waals surface area contributed by atoms with Gasteiger partial charge in [-0.15, -0.1) is 0 Å². The van der Waals surface area contributed by atoms with Gasteiger partial charge in [0.25, 0.3) is 5.91 Å². The normalized spacial score (nSPS) is 10.3. The van der Waals surface area contributed by atoms with Crippen molar-refractivity contribution in [3.63, 3.8) is 0 Å². The van der Waals surface area contributed by atoms with Crippen LogP contribution in [-0.4, -0.2) is 5.91 Å². The van der Waals surface area contributed by atoms with E-state index in [-0.39, 0.29) is 10.9 Å². The first-order valence-corrected chi connectivity index (χ1v) is 6.96. The first-order valence-electron chi connectivity index (χ1n) is 5.50. The van der Waals surface area contributed by atoms with Gasteiger partial charge >= 0.3 is 0 Å². The minimum absolute atomic E-state index is 0.0629. The zero-order valence-electron chi connectivity index (χ0n) is 10.0. The standard InChI is InChI=1S/C14H10ClFINO/c1-8-12(17)3-2-4-13(8)18-14(19)9-5-6-11(16)10(15)7-9/h2-7H,1H3,(H,18,19). The predicted molar refractivity (Wildman–Crippen MR) is 83.3 cm³/mol. The van der Waals surface area contributed by atoms with Crippen molar-refractivity contribution in [3.8, 4) is 0 Å². The Kier molecular flexibility index (Phi) is 4.42. The molecule has 5 heteroatoms. The number of hydrogen-bond acceptors (Lipinski definition) is 1. The summed E-state index contributed by atoms with van der Waals surface area (Å²) in [6, 6.07) is 9.54. The van der Waals surface area contributed by atoms with Crippen LogP contribution in [0.4, 0.5) is 10.1 Å². The van der Waals surface area contributed by atoms with Crippen LogP contribution in [0.2, 0.25) is 5.02 Å². The molecular weight excluding hydrogens is 380 g/mol. The molecular formula is C14H10ClFINO.